The van der Waals surface area contributed by atoms with Gasteiger partial charge in [-0.15, -0.1) is 0 Å². The largest absolute Gasteiger partial charge is 0.330 e. The van der Waals surface area contributed by atoms with E-state index in [0.717, 1.165) is 19.3 Å². The quantitative estimate of drug-likeness (QED) is 0.736. The fourth-order valence-electron chi connectivity index (χ4n) is 1.85. The summed E-state index contributed by atoms with van der Waals surface area (Å²) in [5, 5.41) is 4.08. The SMILES string of the molecule is CCCN(CCC)S(=O)(=O)c1cnn(CCCN)c1. The Kier molecular flexibility index (Phi) is 6.47. The molecule has 0 saturated heterocycles. The van der Waals surface area contributed by atoms with Crippen LogP contribution in [0.15, 0.2) is 17.3 Å². The van der Waals surface area contributed by atoms with Gasteiger partial charge in [-0.3, -0.25) is 4.68 Å². The van der Waals surface area contributed by atoms with Crippen molar-refractivity contribution in [1.82, 2.24) is 14.1 Å². The van der Waals surface area contributed by atoms with E-state index in [4.69, 9.17) is 5.73 Å². The zero-order chi connectivity index (χ0) is 14.3. The molecule has 0 bridgehead atoms. The maximum atomic E-state index is 12.4. The number of hydrogen-bond acceptors (Lipinski definition) is 4. The van der Waals surface area contributed by atoms with Crippen molar-refractivity contribution in [2.75, 3.05) is 19.6 Å². The lowest BCUT2D eigenvalue weighted by Gasteiger charge is -2.19. The molecule has 0 amide bonds. The number of nitrogens with zero attached hydrogens (tertiary/aromatic N) is 3. The van der Waals surface area contributed by atoms with Crippen LogP contribution in [0.1, 0.15) is 33.1 Å². The third kappa shape index (κ3) is 4.29. The van der Waals surface area contributed by atoms with Gasteiger partial charge in [-0.1, -0.05) is 13.8 Å². The molecule has 1 rings (SSSR count). The molecule has 7 heteroatoms. The van der Waals surface area contributed by atoms with E-state index in [2.05, 4.69) is 5.10 Å². The number of nitrogens with two attached hydrogens (primary N) is 1. The molecule has 0 spiro atoms. The Morgan fingerprint density at radius 1 is 1.32 bits per heavy atom. The fourth-order valence-corrected chi connectivity index (χ4v) is 3.43. The highest BCUT2D eigenvalue weighted by atomic mass is 32.2. The van der Waals surface area contributed by atoms with E-state index < -0.39 is 10.0 Å². The molecule has 0 atom stereocenters. The van der Waals surface area contributed by atoms with Crippen molar-refractivity contribution in [2.45, 2.75) is 44.6 Å². The third-order valence-corrected chi connectivity index (χ3v) is 4.64. The minimum Gasteiger partial charge on any atom is -0.330 e. The average Bonchev–Trinajstić information content (AvgIpc) is 2.85. The molecular formula is C12H24N4O2S. The summed E-state index contributed by atoms with van der Waals surface area (Å²) in [7, 11) is -3.41. The smallest absolute Gasteiger partial charge is 0.246 e. The second-order valence-electron chi connectivity index (χ2n) is 4.49. The van der Waals surface area contributed by atoms with E-state index in [1.807, 2.05) is 13.8 Å². The topological polar surface area (TPSA) is 81.2 Å². The van der Waals surface area contributed by atoms with E-state index in [-0.39, 0.29) is 4.90 Å². The zero-order valence-corrected chi connectivity index (χ0v) is 12.6. The van der Waals surface area contributed by atoms with Crippen molar-refractivity contribution in [3.8, 4) is 0 Å². The van der Waals surface area contributed by atoms with Crippen LogP contribution in [0, 0.1) is 0 Å². The van der Waals surface area contributed by atoms with Crippen molar-refractivity contribution in [1.29, 1.82) is 0 Å². The Balaban J connectivity index is 2.88. The van der Waals surface area contributed by atoms with Crippen LogP contribution in [0.25, 0.3) is 0 Å². The summed E-state index contributed by atoms with van der Waals surface area (Å²) in [4.78, 5) is 0.270. The number of sulfonamides is 1. The van der Waals surface area contributed by atoms with Gasteiger partial charge in [-0.2, -0.15) is 9.40 Å². The van der Waals surface area contributed by atoms with E-state index >= 15 is 0 Å². The molecular weight excluding hydrogens is 264 g/mol. The van der Waals surface area contributed by atoms with Gasteiger partial charge in [0.25, 0.3) is 0 Å². The predicted molar refractivity (Wildman–Crippen MR) is 75.2 cm³/mol. The molecule has 2 N–H and O–H groups in total. The maximum absolute atomic E-state index is 12.4. The van der Waals surface area contributed by atoms with Crippen molar-refractivity contribution in [2.24, 2.45) is 5.73 Å². The van der Waals surface area contributed by atoms with Crippen molar-refractivity contribution in [3.63, 3.8) is 0 Å². The first kappa shape index (κ1) is 16.1. The molecule has 1 heterocycles. The Morgan fingerprint density at radius 2 is 1.95 bits per heavy atom. The first-order valence-electron chi connectivity index (χ1n) is 6.78. The summed E-state index contributed by atoms with van der Waals surface area (Å²) >= 11 is 0. The molecule has 0 aromatic carbocycles. The maximum Gasteiger partial charge on any atom is 0.246 e. The normalized spacial score (nSPS) is 12.2. The number of aryl methyl sites for hydroxylation is 1. The molecule has 0 unspecified atom stereocenters. The summed E-state index contributed by atoms with van der Waals surface area (Å²) in [5.41, 5.74) is 5.43. The molecule has 0 radical (unpaired) electrons. The number of hydrogen-bond donors (Lipinski definition) is 1. The van der Waals surface area contributed by atoms with Gasteiger partial charge in [0, 0.05) is 25.8 Å². The molecule has 6 nitrogen and oxygen atoms in total. The van der Waals surface area contributed by atoms with Gasteiger partial charge in [0.1, 0.15) is 4.90 Å². The van der Waals surface area contributed by atoms with Gasteiger partial charge < -0.3 is 5.73 Å². The van der Waals surface area contributed by atoms with E-state index in [9.17, 15) is 8.42 Å². The Hall–Kier alpha value is -0.920. The lowest BCUT2D eigenvalue weighted by Crippen LogP contribution is -2.32. The van der Waals surface area contributed by atoms with Crippen LogP contribution < -0.4 is 5.73 Å². The second kappa shape index (κ2) is 7.62. The molecule has 1 aromatic heterocycles. The third-order valence-electron chi connectivity index (χ3n) is 2.78. The second-order valence-corrected chi connectivity index (χ2v) is 6.42. The van der Waals surface area contributed by atoms with Gasteiger partial charge in [0.05, 0.1) is 6.20 Å². The highest BCUT2D eigenvalue weighted by Crippen LogP contribution is 2.15. The molecule has 0 saturated carbocycles. The van der Waals surface area contributed by atoms with Crippen LogP contribution in [-0.4, -0.2) is 42.1 Å². The van der Waals surface area contributed by atoms with Gasteiger partial charge >= 0.3 is 0 Å². The van der Waals surface area contributed by atoms with E-state index in [0.29, 0.717) is 26.2 Å². The molecule has 0 aliphatic heterocycles. The van der Waals surface area contributed by atoms with Crippen molar-refractivity contribution < 1.29 is 8.42 Å². The van der Waals surface area contributed by atoms with Crippen LogP contribution >= 0.6 is 0 Å². The zero-order valence-electron chi connectivity index (χ0n) is 11.7. The van der Waals surface area contributed by atoms with Gasteiger partial charge in [-0.25, -0.2) is 8.42 Å². The number of rotatable bonds is 9. The first-order chi connectivity index (χ1) is 9.06. The summed E-state index contributed by atoms with van der Waals surface area (Å²) in [6.07, 6.45) is 5.41. The van der Waals surface area contributed by atoms with Crippen LogP contribution in [-0.2, 0) is 16.6 Å². The predicted octanol–water partition coefficient (Wildman–Crippen LogP) is 1.04. The van der Waals surface area contributed by atoms with Crippen LogP contribution in [0.3, 0.4) is 0 Å². The molecule has 19 heavy (non-hydrogen) atoms. The molecule has 0 aliphatic carbocycles. The minimum absolute atomic E-state index is 0.270. The average molecular weight is 288 g/mol. The van der Waals surface area contributed by atoms with E-state index in [1.165, 1.54) is 10.5 Å². The van der Waals surface area contributed by atoms with Crippen LogP contribution in [0.2, 0.25) is 0 Å². The first-order valence-corrected chi connectivity index (χ1v) is 8.22. The molecule has 0 fully saturated rings. The standard InChI is InChI=1S/C12H24N4O2S/c1-3-7-16(8-4-2)19(17,18)12-10-14-15(11-12)9-5-6-13/h10-11H,3-9,13H2,1-2H3. The highest BCUT2D eigenvalue weighted by Gasteiger charge is 2.24. The molecule has 1 aromatic rings. The summed E-state index contributed by atoms with van der Waals surface area (Å²) in [6, 6.07) is 0. The Morgan fingerprint density at radius 3 is 2.47 bits per heavy atom. The van der Waals surface area contributed by atoms with Gasteiger partial charge in [-0.05, 0) is 25.8 Å². The van der Waals surface area contributed by atoms with Crippen molar-refractivity contribution >= 4 is 10.0 Å². The monoisotopic (exact) mass is 288 g/mol. The Bertz CT molecular complexity index is 464. The number of aromatic nitrogens is 2. The van der Waals surface area contributed by atoms with Crippen LogP contribution in [0.4, 0.5) is 0 Å². The lowest BCUT2D eigenvalue weighted by atomic mass is 10.4. The molecule has 0 aliphatic rings. The van der Waals surface area contributed by atoms with Gasteiger partial charge in [0.2, 0.25) is 10.0 Å². The molecule has 110 valence electrons. The van der Waals surface area contributed by atoms with E-state index in [1.54, 1.807) is 10.9 Å². The summed E-state index contributed by atoms with van der Waals surface area (Å²) in [5.74, 6) is 0. The fraction of sp³-hybridized carbons (Fsp3) is 0.750. The van der Waals surface area contributed by atoms with Crippen LogP contribution in [0.5, 0.6) is 0 Å². The van der Waals surface area contributed by atoms with Gasteiger partial charge in [0.15, 0.2) is 0 Å². The van der Waals surface area contributed by atoms with Crippen molar-refractivity contribution in [3.05, 3.63) is 12.4 Å². The lowest BCUT2D eigenvalue weighted by molar-refractivity contribution is 0.410. The highest BCUT2D eigenvalue weighted by molar-refractivity contribution is 7.89. The summed E-state index contributed by atoms with van der Waals surface area (Å²) in [6.45, 7) is 6.26. The summed E-state index contributed by atoms with van der Waals surface area (Å²) < 4.78 is 28.1. The Labute approximate surface area is 115 Å². The minimum atomic E-state index is -3.41.